The number of hydrogen-bond donors (Lipinski definition) is 1. The fourth-order valence-electron chi connectivity index (χ4n) is 1.23. The Balaban J connectivity index is 4.53. The van der Waals surface area contributed by atoms with Crippen molar-refractivity contribution in [3.05, 3.63) is 0 Å². The molecular weight excluding hydrogens is 226 g/mol. The average Bonchev–Trinajstić information content (AvgIpc) is 2.21. The molecule has 1 N–H and O–H groups in total. The monoisotopic (exact) mass is 247 g/mol. The first-order valence-corrected chi connectivity index (χ1v) is 6.60. The Bertz CT molecular complexity index is 248. The zero-order valence-electron chi connectivity index (χ0n) is 10.6. The van der Waals surface area contributed by atoms with E-state index in [1.807, 2.05) is 27.0 Å². The maximum Gasteiger partial charge on any atom is 0.407 e. The summed E-state index contributed by atoms with van der Waals surface area (Å²) in [5.74, 6) is 0.864. The molecule has 0 aliphatic carbocycles. The Hall–Kier alpha value is -0.710. The summed E-state index contributed by atoms with van der Waals surface area (Å²) in [6, 6.07) is -0.458. The highest BCUT2D eigenvalue weighted by Gasteiger charge is 2.30. The number of ketones is 1. The van der Waals surface area contributed by atoms with E-state index >= 15 is 0 Å². The van der Waals surface area contributed by atoms with Crippen LogP contribution in [0.1, 0.15) is 27.2 Å². The molecule has 1 unspecified atom stereocenters. The summed E-state index contributed by atoms with van der Waals surface area (Å²) in [7, 11) is 1.29. The molecule has 0 heterocycles. The van der Waals surface area contributed by atoms with Gasteiger partial charge in [0.05, 0.1) is 13.2 Å². The highest BCUT2D eigenvalue weighted by atomic mass is 32.2. The molecule has 0 spiro atoms. The third kappa shape index (κ3) is 5.39. The van der Waals surface area contributed by atoms with Crippen molar-refractivity contribution in [1.29, 1.82) is 0 Å². The van der Waals surface area contributed by atoms with Gasteiger partial charge < -0.3 is 10.1 Å². The summed E-state index contributed by atoms with van der Waals surface area (Å²) in [5.41, 5.74) is -0.454. The number of carbonyl (C=O) groups is 2. The van der Waals surface area contributed by atoms with E-state index in [0.717, 1.165) is 5.75 Å². The van der Waals surface area contributed by atoms with Gasteiger partial charge in [-0.25, -0.2) is 4.79 Å². The molecule has 94 valence electrons. The molecule has 0 aliphatic rings. The third-order valence-electron chi connectivity index (χ3n) is 2.14. The second-order valence-corrected chi connectivity index (χ2v) is 5.57. The molecule has 0 rings (SSSR count). The van der Waals surface area contributed by atoms with Crippen LogP contribution in [-0.2, 0) is 9.53 Å². The Kier molecular flexibility index (Phi) is 6.48. The molecule has 0 radical (unpaired) electrons. The van der Waals surface area contributed by atoms with Crippen LogP contribution in [0.25, 0.3) is 0 Å². The number of alkyl carbamates (subject to hydrolysis) is 1. The van der Waals surface area contributed by atoms with Crippen molar-refractivity contribution in [2.45, 2.75) is 33.2 Å². The van der Waals surface area contributed by atoms with Crippen LogP contribution < -0.4 is 5.32 Å². The van der Waals surface area contributed by atoms with E-state index in [1.54, 1.807) is 11.8 Å². The van der Waals surface area contributed by atoms with E-state index in [9.17, 15) is 9.59 Å². The van der Waals surface area contributed by atoms with Gasteiger partial charge in [0, 0.05) is 5.41 Å². The Morgan fingerprint density at radius 1 is 1.38 bits per heavy atom. The summed E-state index contributed by atoms with van der Waals surface area (Å²) >= 11 is 1.65. The van der Waals surface area contributed by atoms with E-state index < -0.39 is 17.6 Å². The van der Waals surface area contributed by atoms with E-state index in [0.29, 0.717) is 6.42 Å². The number of carbonyl (C=O) groups excluding carboxylic acids is 2. The molecule has 0 aromatic rings. The maximum absolute atomic E-state index is 12.0. The zero-order valence-corrected chi connectivity index (χ0v) is 11.4. The topological polar surface area (TPSA) is 55.4 Å². The van der Waals surface area contributed by atoms with Crippen molar-refractivity contribution in [1.82, 2.24) is 5.32 Å². The third-order valence-corrected chi connectivity index (χ3v) is 2.79. The first kappa shape index (κ1) is 15.3. The molecule has 4 nitrogen and oxygen atoms in total. The van der Waals surface area contributed by atoms with Crippen LogP contribution in [0.2, 0.25) is 0 Å². The second-order valence-electron chi connectivity index (χ2n) is 4.58. The van der Waals surface area contributed by atoms with Gasteiger partial charge in [0.25, 0.3) is 0 Å². The summed E-state index contributed by atoms with van der Waals surface area (Å²) < 4.78 is 4.51. The molecule has 0 saturated carbocycles. The lowest BCUT2D eigenvalue weighted by Crippen LogP contribution is -2.45. The molecule has 0 aromatic carbocycles. The van der Waals surface area contributed by atoms with E-state index in [4.69, 9.17) is 0 Å². The van der Waals surface area contributed by atoms with Gasteiger partial charge in [0.1, 0.15) is 0 Å². The van der Waals surface area contributed by atoms with Gasteiger partial charge in [0.15, 0.2) is 5.78 Å². The lowest BCUT2D eigenvalue weighted by atomic mass is 9.85. The Labute approximate surface area is 101 Å². The van der Waals surface area contributed by atoms with Gasteiger partial charge in [-0.15, -0.1) is 0 Å². The molecule has 1 amide bonds. The predicted octanol–water partition coefficient (Wildman–Crippen LogP) is 2.08. The SMILES string of the molecule is COC(=O)NC(CCSC)C(=O)C(C)(C)C. The van der Waals surface area contributed by atoms with Crippen LogP contribution in [0.3, 0.4) is 0 Å². The number of amides is 1. The number of hydrogen-bond acceptors (Lipinski definition) is 4. The summed E-state index contributed by atoms with van der Waals surface area (Å²) in [4.78, 5) is 23.2. The quantitative estimate of drug-likeness (QED) is 0.808. The van der Waals surface area contributed by atoms with Crippen molar-refractivity contribution in [3.8, 4) is 0 Å². The number of ether oxygens (including phenoxy) is 1. The minimum absolute atomic E-state index is 0.0342. The van der Waals surface area contributed by atoms with Crippen LogP contribution in [0.4, 0.5) is 4.79 Å². The van der Waals surface area contributed by atoms with Crippen molar-refractivity contribution in [2.24, 2.45) is 5.41 Å². The van der Waals surface area contributed by atoms with Gasteiger partial charge in [-0.2, -0.15) is 11.8 Å². The number of methoxy groups -OCH3 is 1. The lowest BCUT2D eigenvalue weighted by Gasteiger charge is -2.24. The molecule has 0 aromatic heterocycles. The second kappa shape index (κ2) is 6.78. The molecule has 5 heteroatoms. The van der Waals surface area contributed by atoms with Crippen molar-refractivity contribution in [3.63, 3.8) is 0 Å². The van der Waals surface area contributed by atoms with Crippen LogP contribution in [-0.4, -0.2) is 37.0 Å². The number of thioether (sulfide) groups is 1. The normalized spacial score (nSPS) is 13.1. The van der Waals surface area contributed by atoms with E-state index in [1.165, 1.54) is 7.11 Å². The van der Waals surface area contributed by atoms with Gasteiger partial charge in [-0.1, -0.05) is 20.8 Å². The first-order valence-electron chi connectivity index (χ1n) is 5.20. The van der Waals surface area contributed by atoms with Crippen molar-refractivity contribution < 1.29 is 14.3 Å². The molecule has 16 heavy (non-hydrogen) atoms. The minimum Gasteiger partial charge on any atom is -0.453 e. The Morgan fingerprint density at radius 3 is 2.31 bits per heavy atom. The van der Waals surface area contributed by atoms with Gasteiger partial charge >= 0.3 is 6.09 Å². The minimum atomic E-state index is -0.552. The fraction of sp³-hybridized carbons (Fsp3) is 0.818. The highest BCUT2D eigenvalue weighted by molar-refractivity contribution is 7.98. The van der Waals surface area contributed by atoms with Gasteiger partial charge in [-0.05, 0) is 18.4 Å². The van der Waals surface area contributed by atoms with E-state index in [2.05, 4.69) is 10.1 Å². The van der Waals surface area contributed by atoms with Crippen molar-refractivity contribution in [2.75, 3.05) is 19.1 Å². The summed E-state index contributed by atoms with van der Waals surface area (Å²) in [5, 5.41) is 2.58. The highest BCUT2D eigenvalue weighted by Crippen LogP contribution is 2.19. The number of rotatable bonds is 5. The molecular formula is C11H21NO3S. The predicted molar refractivity (Wildman–Crippen MR) is 66.8 cm³/mol. The number of nitrogens with one attached hydrogen (secondary N) is 1. The van der Waals surface area contributed by atoms with Crippen LogP contribution in [0, 0.1) is 5.41 Å². The summed E-state index contributed by atoms with van der Waals surface area (Å²) in [6.45, 7) is 5.54. The zero-order chi connectivity index (χ0) is 12.8. The van der Waals surface area contributed by atoms with Crippen molar-refractivity contribution >= 4 is 23.6 Å². The smallest absolute Gasteiger partial charge is 0.407 e. The largest absolute Gasteiger partial charge is 0.453 e. The van der Waals surface area contributed by atoms with E-state index in [-0.39, 0.29) is 5.78 Å². The maximum atomic E-state index is 12.0. The van der Waals surface area contributed by atoms with Gasteiger partial charge in [-0.3, -0.25) is 4.79 Å². The molecule has 1 atom stereocenters. The van der Waals surface area contributed by atoms with Gasteiger partial charge in [0.2, 0.25) is 0 Å². The molecule has 0 aliphatic heterocycles. The molecule has 0 bridgehead atoms. The van der Waals surface area contributed by atoms with Crippen LogP contribution in [0.15, 0.2) is 0 Å². The average molecular weight is 247 g/mol. The van der Waals surface area contributed by atoms with Crippen LogP contribution in [0.5, 0.6) is 0 Å². The number of Topliss-reactive ketones (excluding diaryl/α,β-unsaturated/α-hetero) is 1. The molecule has 0 saturated heterocycles. The fourth-order valence-corrected chi connectivity index (χ4v) is 1.70. The summed E-state index contributed by atoms with van der Waals surface area (Å²) in [6.07, 6.45) is 2.05. The molecule has 0 fully saturated rings. The Morgan fingerprint density at radius 2 is 1.94 bits per heavy atom. The first-order chi connectivity index (χ1) is 7.32. The van der Waals surface area contributed by atoms with Crippen LogP contribution >= 0.6 is 11.8 Å². The standard InChI is InChI=1S/C11H21NO3S/c1-11(2,3)9(13)8(6-7-16-5)12-10(14)15-4/h8H,6-7H2,1-5H3,(H,12,14). The lowest BCUT2D eigenvalue weighted by molar-refractivity contribution is -0.128.